The molecule has 0 aliphatic carbocycles. The molecule has 1 aromatic heterocycles. The van der Waals surface area contributed by atoms with Crippen molar-refractivity contribution in [2.45, 2.75) is 26.5 Å². The third-order valence-corrected chi connectivity index (χ3v) is 3.57. The molecule has 2 aromatic carbocycles. The second kappa shape index (κ2) is 6.15. The van der Waals surface area contributed by atoms with Gasteiger partial charge in [0.25, 0.3) is 0 Å². The molecule has 0 bridgehead atoms. The third-order valence-electron chi connectivity index (χ3n) is 3.57. The molecule has 114 valence electrons. The van der Waals surface area contributed by atoms with Gasteiger partial charge in [-0.3, -0.25) is 0 Å². The summed E-state index contributed by atoms with van der Waals surface area (Å²) in [4.78, 5) is 0. The molecule has 1 N–H and O–H groups in total. The predicted octanol–water partition coefficient (Wildman–Crippen LogP) is 2.49. The van der Waals surface area contributed by atoms with E-state index < -0.39 is 6.10 Å². The molecule has 0 aliphatic rings. The lowest BCUT2D eigenvalue weighted by molar-refractivity contribution is 0.0896. The summed E-state index contributed by atoms with van der Waals surface area (Å²) in [5.74, 6) is 0.799. The van der Waals surface area contributed by atoms with Crippen LogP contribution in [0.5, 0.6) is 5.75 Å². The molecule has 0 saturated carbocycles. The quantitative estimate of drug-likeness (QED) is 0.786. The highest BCUT2D eigenvalue weighted by atomic mass is 16.5. The van der Waals surface area contributed by atoms with E-state index >= 15 is 0 Å². The molecule has 0 saturated heterocycles. The number of aromatic nitrogens is 3. The lowest BCUT2D eigenvalue weighted by atomic mass is 10.1. The standard InChI is InChI=1S/C17H19N3O2/c1-12-7-8-17(13(2)9-12)22-11-14(21)10-20-16-6-4-3-5-15(16)18-19-20/h3-9,14,21H,10-11H2,1-2H3/t14-/m0/s1. The van der Waals surface area contributed by atoms with Gasteiger partial charge in [-0.1, -0.05) is 35.0 Å². The lowest BCUT2D eigenvalue weighted by Crippen LogP contribution is -2.24. The summed E-state index contributed by atoms with van der Waals surface area (Å²) >= 11 is 0. The number of fused-ring (bicyclic) bond motifs is 1. The third kappa shape index (κ3) is 3.09. The topological polar surface area (TPSA) is 60.2 Å². The molecule has 1 atom stereocenters. The van der Waals surface area contributed by atoms with Crippen LogP contribution in [0, 0.1) is 13.8 Å². The Hall–Kier alpha value is -2.40. The average Bonchev–Trinajstić information content (AvgIpc) is 2.90. The van der Waals surface area contributed by atoms with Crippen molar-refractivity contribution in [3.63, 3.8) is 0 Å². The SMILES string of the molecule is Cc1ccc(OC[C@@H](O)Cn2nnc3ccccc32)c(C)c1. The summed E-state index contributed by atoms with van der Waals surface area (Å²) in [6.45, 7) is 4.62. The second-order valence-electron chi connectivity index (χ2n) is 5.49. The van der Waals surface area contributed by atoms with E-state index in [9.17, 15) is 5.11 Å². The van der Waals surface area contributed by atoms with E-state index in [-0.39, 0.29) is 6.61 Å². The Bertz CT molecular complexity index is 782. The van der Waals surface area contributed by atoms with Gasteiger partial charge in [-0.2, -0.15) is 0 Å². The summed E-state index contributed by atoms with van der Waals surface area (Å²) in [5, 5.41) is 18.3. The first kappa shape index (κ1) is 14.5. The Morgan fingerprint density at radius 1 is 1.18 bits per heavy atom. The van der Waals surface area contributed by atoms with Crippen LogP contribution in [0.15, 0.2) is 42.5 Å². The van der Waals surface area contributed by atoms with Crippen molar-refractivity contribution in [3.8, 4) is 5.75 Å². The highest BCUT2D eigenvalue weighted by molar-refractivity contribution is 5.73. The highest BCUT2D eigenvalue weighted by Crippen LogP contribution is 2.19. The summed E-state index contributed by atoms with van der Waals surface area (Å²) in [5.41, 5.74) is 4.00. The van der Waals surface area contributed by atoms with Gasteiger partial charge in [-0.25, -0.2) is 4.68 Å². The van der Waals surface area contributed by atoms with Crippen molar-refractivity contribution < 1.29 is 9.84 Å². The van der Waals surface area contributed by atoms with Crippen molar-refractivity contribution >= 4 is 11.0 Å². The molecule has 0 amide bonds. The molecular formula is C17H19N3O2. The van der Waals surface area contributed by atoms with Crippen molar-refractivity contribution in [3.05, 3.63) is 53.6 Å². The summed E-state index contributed by atoms with van der Waals surface area (Å²) in [6, 6.07) is 13.7. The molecule has 0 unspecified atom stereocenters. The van der Waals surface area contributed by atoms with Crippen LogP contribution in [0.25, 0.3) is 11.0 Å². The van der Waals surface area contributed by atoms with Crippen LogP contribution in [0.3, 0.4) is 0 Å². The summed E-state index contributed by atoms with van der Waals surface area (Å²) < 4.78 is 7.40. The van der Waals surface area contributed by atoms with Gasteiger partial charge in [0.15, 0.2) is 0 Å². The molecule has 22 heavy (non-hydrogen) atoms. The van der Waals surface area contributed by atoms with Gasteiger partial charge in [0.1, 0.15) is 24.0 Å². The Balaban J connectivity index is 1.64. The van der Waals surface area contributed by atoms with Gasteiger partial charge in [0, 0.05) is 0 Å². The van der Waals surface area contributed by atoms with Gasteiger partial charge >= 0.3 is 0 Å². The maximum atomic E-state index is 10.2. The number of rotatable bonds is 5. The van der Waals surface area contributed by atoms with E-state index in [1.54, 1.807) is 4.68 Å². The minimum Gasteiger partial charge on any atom is -0.491 e. The smallest absolute Gasteiger partial charge is 0.122 e. The predicted molar refractivity (Wildman–Crippen MR) is 84.9 cm³/mol. The summed E-state index contributed by atoms with van der Waals surface area (Å²) in [6.07, 6.45) is -0.647. The van der Waals surface area contributed by atoms with Crippen molar-refractivity contribution in [2.75, 3.05) is 6.61 Å². The first-order valence-corrected chi connectivity index (χ1v) is 7.30. The molecule has 1 heterocycles. The maximum Gasteiger partial charge on any atom is 0.122 e. The maximum absolute atomic E-state index is 10.2. The van der Waals surface area contributed by atoms with Gasteiger partial charge in [0.2, 0.25) is 0 Å². The van der Waals surface area contributed by atoms with Crippen molar-refractivity contribution in [1.29, 1.82) is 0 Å². The summed E-state index contributed by atoms with van der Waals surface area (Å²) in [7, 11) is 0. The molecule has 0 aliphatic heterocycles. The number of benzene rings is 2. The van der Waals surface area contributed by atoms with Gasteiger partial charge in [0.05, 0.1) is 12.1 Å². The van der Waals surface area contributed by atoms with Crippen molar-refractivity contribution in [2.24, 2.45) is 0 Å². The second-order valence-corrected chi connectivity index (χ2v) is 5.49. The number of nitrogens with zero attached hydrogens (tertiary/aromatic N) is 3. The fraction of sp³-hybridized carbons (Fsp3) is 0.294. The molecule has 5 nitrogen and oxygen atoms in total. The minimum atomic E-state index is -0.647. The minimum absolute atomic E-state index is 0.220. The Morgan fingerprint density at radius 3 is 2.82 bits per heavy atom. The zero-order chi connectivity index (χ0) is 15.5. The van der Waals surface area contributed by atoms with E-state index in [0.717, 1.165) is 22.3 Å². The van der Waals surface area contributed by atoms with E-state index in [1.165, 1.54) is 5.56 Å². The van der Waals surface area contributed by atoms with Crippen LogP contribution in [0.2, 0.25) is 0 Å². The van der Waals surface area contributed by atoms with Crippen LogP contribution < -0.4 is 4.74 Å². The largest absolute Gasteiger partial charge is 0.491 e. The monoisotopic (exact) mass is 297 g/mol. The molecule has 3 aromatic rings. The zero-order valence-corrected chi connectivity index (χ0v) is 12.7. The fourth-order valence-corrected chi connectivity index (χ4v) is 2.45. The van der Waals surface area contributed by atoms with Crippen LogP contribution in [-0.2, 0) is 6.54 Å². The Morgan fingerprint density at radius 2 is 2.00 bits per heavy atom. The van der Waals surface area contributed by atoms with Gasteiger partial charge < -0.3 is 9.84 Å². The molecule has 5 heteroatoms. The van der Waals surface area contributed by atoms with E-state index in [1.807, 2.05) is 50.2 Å². The average molecular weight is 297 g/mol. The first-order valence-electron chi connectivity index (χ1n) is 7.30. The number of aliphatic hydroxyl groups excluding tert-OH is 1. The Labute approximate surface area is 129 Å². The lowest BCUT2D eigenvalue weighted by Gasteiger charge is -2.14. The highest BCUT2D eigenvalue weighted by Gasteiger charge is 2.11. The fourth-order valence-electron chi connectivity index (χ4n) is 2.45. The van der Waals surface area contributed by atoms with E-state index in [2.05, 4.69) is 16.4 Å². The van der Waals surface area contributed by atoms with E-state index in [4.69, 9.17) is 4.74 Å². The van der Waals surface area contributed by atoms with E-state index in [0.29, 0.717) is 6.54 Å². The van der Waals surface area contributed by atoms with Crippen LogP contribution in [0.4, 0.5) is 0 Å². The zero-order valence-electron chi connectivity index (χ0n) is 12.7. The number of para-hydroxylation sites is 1. The molecular weight excluding hydrogens is 278 g/mol. The van der Waals surface area contributed by atoms with Crippen molar-refractivity contribution in [1.82, 2.24) is 15.0 Å². The van der Waals surface area contributed by atoms with Gasteiger partial charge in [-0.05, 0) is 37.6 Å². The first-order chi connectivity index (χ1) is 10.6. The Kier molecular flexibility index (Phi) is 4.06. The number of aryl methyl sites for hydroxylation is 2. The molecule has 3 rings (SSSR count). The molecule has 0 fully saturated rings. The van der Waals surface area contributed by atoms with Crippen LogP contribution in [-0.4, -0.2) is 32.8 Å². The molecule has 0 radical (unpaired) electrons. The van der Waals surface area contributed by atoms with Crippen LogP contribution >= 0.6 is 0 Å². The normalized spacial score (nSPS) is 12.5. The number of ether oxygens (including phenoxy) is 1. The van der Waals surface area contributed by atoms with Crippen LogP contribution in [0.1, 0.15) is 11.1 Å². The number of hydrogen-bond donors (Lipinski definition) is 1. The van der Waals surface area contributed by atoms with Gasteiger partial charge in [-0.15, -0.1) is 5.10 Å². The number of hydrogen-bond acceptors (Lipinski definition) is 4. The number of aliphatic hydroxyl groups is 1. The molecule has 0 spiro atoms.